The molecule has 0 unspecified atom stereocenters. The number of hydrogen-bond donors (Lipinski definition) is 13. The van der Waals surface area contributed by atoms with Gasteiger partial charge in [0.15, 0.2) is 0 Å². The fourth-order valence-electron chi connectivity index (χ4n) is 7.31. The number of carbonyl (C=O) groups excluding carboxylic acids is 8. The Labute approximate surface area is 381 Å². The van der Waals surface area contributed by atoms with Gasteiger partial charge in [-0.1, -0.05) is 30.3 Å². The van der Waals surface area contributed by atoms with Crippen molar-refractivity contribution in [3.63, 3.8) is 0 Å². The first-order valence-electron chi connectivity index (χ1n) is 21.9. The number of benzene rings is 1. The molecule has 0 saturated carbocycles. The SMILES string of the molecule is C[C@H](NC(=O)[C@H](CCCCN)NC(=O)[C@@H]1CCCN1C(=O)[C@H](CC(=O)O)NC(=O)[C@@H](NC(=O)[C@H](C)NC(=O)[C@H](CO)NC(=O)[C@H](Cc1ccccc1)NC(=O)[C@@H]1CCCN1)[C@@H](C)O)C(=O)O. The summed E-state index contributed by atoms with van der Waals surface area (Å²) in [6.45, 7) is 3.49. The predicted octanol–water partition coefficient (Wildman–Crippen LogP) is -4.53. The Morgan fingerprint density at radius 2 is 1.33 bits per heavy atom. The third-order valence-corrected chi connectivity index (χ3v) is 11.1. The van der Waals surface area contributed by atoms with E-state index in [1.165, 1.54) is 13.8 Å². The molecule has 24 heteroatoms. The van der Waals surface area contributed by atoms with Crippen LogP contribution >= 0.6 is 0 Å². The first-order valence-corrected chi connectivity index (χ1v) is 21.9. The van der Waals surface area contributed by atoms with Crippen LogP contribution in [0, 0.1) is 0 Å². The van der Waals surface area contributed by atoms with E-state index < -0.39 is 133 Å². The number of aliphatic hydroxyl groups excluding tert-OH is 2. The molecule has 24 nitrogen and oxygen atoms in total. The van der Waals surface area contributed by atoms with Gasteiger partial charge < -0.3 is 73.6 Å². The highest BCUT2D eigenvalue weighted by molar-refractivity contribution is 5.99. The number of nitrogens with one attached hydrogen (secondary N) is 8. The molecule has 8 amide bonds. The van der Waals surface area contributed by atoms with Gasteiger partial charge in [-0.05, 0) is 84.4 Å². The summed E-state index contributed by atoms with van der Waals surface area (Å²) in [6, 6.07) is -3.36. The molecule has 1 aromatic rings. The molecule has 0 bridgehead atoms. The number of aliphatic carboxylic acids is 2. The Morgan fingerprint density at radius 3 is 1.92 bits per heavy atom. The molecule has 2 heterocycles. The predicted molar refractivity (Wildman–Crippen MR) is 232 cm³/mol. The molecule has 366 valence electrons. The summed E-state index contributed by atoms with van der Waals surface area (Å²) in [5.74, 6) is -9.93. The van der Waals surface area contributed by atoms with Gasteiger partial charge in [0, 0.05) is 13.0 Å². The first kappa shape index (κ1) is 54.1. The van der Waals surface area contributed by atoms with E-state index in [-0.39, 0.29) is 38.8 Å². The van der Waals surface area contributed by atoms with Crippen LogP contribution in [0.3, 0.4) is 0 Å². The largest absolute Gasteiger partial charge is 0.481 e. The highest BCUT2D eigenvalue weighted by Crippen LogP contribution is 2.20. The van der Waals surface area contributed by atoms with E-state index in [1.807, 2.05) is 0 Å². The van der Waals surface area contributed by atoms with Crippen molar-refractivity contribution >= 4 is 59.2 Å². The summed E-state index contributed by atoms with van der Waals surface area (Å²) < 4.78 is 0. The van der Waals surface area contributed by atoms with E-state index in [0.29, 0.717) is 31.4 Å². The lowest BCUT2D eigenvalue weighted by Gasteiger charge is -2.31. The first-order chi connectivity index (χ1) is 31.3. The van der Waals surface area contributed by atoms with Crippen molar-refractivity contribution in [2.75, 3.05) is 26.2 Å². The Balaban J connectivity index is 1.68. The van der Waals surface area contributed by atoms with Crippen LogP contribution in [-0.2, 0) is 54.4 Å². The number of rotatable bonds is 26. The number of amides is 8. The second-order valence-electron chi connectivity index (χ2n) is 16.4. The zero-order chi connectivity index (χ0) is 49.1. The molecule has 1 aromatic carbocycles. The molecule has 2 aliphatic rings. The monoisotopic (exact) mass is 932 g/mol. The van der Waals surface area contributed by atoms with Crippen LogP contribution in [-0.4, -0.2) is 171 Å². The maximum absolute atomic E-state index is 13.9. The van der Waals surface area contributed by atoms with Gasteiger partial charge >= 0.3 is 11.9 Å². The van der Waals surface area contributed by atoms with Crippen LogP contribution in [0.2, 0.25) is 0 Å². The van der Waals surface area contributed by atoms with Crippen LogP contribution in [0.4, 0.5) is 0 Å². The average molecular weight is 933 g/mol. The van der Waals surface area contributed by atoms with E-state index in [2.05, 4.69) is 42.5 Å². The lowest BCUT2D eigenvalue weighted by atomic mass is 10.0. The summed E-state index contributed by atoms with van der Waals surface area (Å²) >= 11 is 0. The molecule has 14 N–H and O–H groups in total. The maximum Gasteiger partial charge on any atom is 0.325 e. The van der Waals surface area contributed by atoms with Crippen molar-refractivity contribution in [3.8, 4) is 0 Å². The van der Waals surface area contributed by atoms with Crippen LogP contribution in [0.1, 0.15) is 77.7 Å². The Hall–Kier alpha value is -6.24. The van der Waals surface area contributed by atoms with E-state index in [0.717, 1.165) is 18.2 Å². The van der Waals surface area contributed by atoms with E-state index >= 15 is 0 Å². The fourth-order valence-corrected chi connectivity index (χ4v) is 7.31. The molecule has 3 rings (SSSR count). The normalized spacial score (nSPS) is 19.3. The molecule has 2 aliphatic heterocycles. The third kappa shape index (κ3) is 16.6. The highest BCUT2D eigenvalue weighted by atomic mass is 16.4. The Kier molecular flexibility index (Phi) is 21.8. The van der Waals surface area contributed by atoms with Gasteiger partial charge in [-0.15, -0.1) is 0 Å². The van der Waals surface area contributed by atoms with E-state index in [1.54, 1.807) is 30.3 Å². The molecule has 2 saturated heterocycles. The molecule has 0 spiro atoms. The number of carboxylic acids is 2. The number of aliphatic hydroxyl groups is 2. The number of carboxylic acid groups (broad SMARTS) is 2. The second kappa shape index (κ2) is 26.7. The number of nitrogens with zero attached hydrogens (tertiary/aromatic N) is 1. The standard InChI is InChI=1S/C42H64N10O14/c1-22(45-38(61)30(21-53)50-37(60)28(19-25-11-5-4-6-12-25)48-35(58)26-14-9-17-44-26)34(57)51-33(24(3)54)40(63)49-29(20-32(55)56)41(64)52-18-10-15-31(52)39(62)47-27(13-7-8-16-43)36(59)46-23(2)42(65)66/h4-6,11-12,22-24,26-31,33,44,53-54H,7-10,13-21,43H2,1-3H3,(H,45,61)(H,46,59)(H,47,62)(H,48,58)(H,49,63)(H,50,60)(H,51,57)(H,55,56)(H,65,66)/t22-,23-,24+,26-,27-,28-,29-,30-,31-,33-/m0/s1. The molecule has 0 radical (unpaired) electrons. The minimum absolute atomic E-state index is 0.0485. The number of likely N-dealkylation sites (tertiary alicyclic amines) is 1. The smallest absolute Gasteiger partial charge is 0.325 e. The summed E-state index contributed by atoms with van der Waals surface area (Å²) in [6.07, 6.45) is 0.0624. The quantitative estimate of drug-likeness (QED) is 0.0389. The van der Waals surface area contributed by atoms with E-state index in [9.17, 15) is 68.4 Å². The van der Waals surface area contributed by atoms with E-state index in [4.69, 9.17) is 5.73 Å². The number of hydrogen-bond acceptors (Lipinski definition) is 14. The topological polar surface area (TPSA) is 377 Å². The summed E-state index contributed by atoms with van der Waals surface area (Å²) in [7, 11) is 0. The van der Waals surface area contributed by atoms with Gasteiger partial charge in [0.1, 0.15) is 48.3 Å². The van der Waals surface area contributed by atoms with Crippen molar-refractivity contribution in [1.82, 2.24) is 47.4 Å². The van der Waals surface area contributed by atoms with Crippen molar-refractivity contribution in [2.45, 2.75) is 139 Å². The number of unbranched alkanes of at least 4 members (excludes halogenated alkanes) is 1. The van der Waals surface area contributed by atoms with Gasteiger partial charge in [-0.25, -0.2) is 0 Å². The highest BCUT2D eigenvalue weighted by Gasteiger charge is 2.41. The van der Waals surface area contributed by atoms with Gasteiger partial charge in [-0.3, -0.25) is 47.9 Å². The lowest BCUT2D eigenvalue weighted by Crippen LogP contribution is -2.62. The van der Waals surface area contributed by atoms with Gasteiger partial charge in [0.2, 0.25) is 47.3 Å². The zero-order valence-corrected chi connectivity index (χ0v) is 37.2. The average Bonchev–Trinajstić information content (AvgIpc) is 4.00. The Morgan fingerprint density at radius 1 is 0.712 bits per heavy atom. The molecular weight excluding hydrogens is 869 g/mol. The molecule has 2 fully saturated rings. The van der Waals surface area contributed by atoms with Crippen LogP contribution in [0.25, 0.3) is 0 Å². The summed E-state index contributed by atoms with van der Waals surface area (Å²) in [4.78, 5) is 131. The summed E-state index contributed by atoms with van der Waals surface area (Å²) in [5, 5.41) is 59.3. The fraction of sp³-hybridized carbons (Fsp3) is 0.619. The minimum atomic E-state index is -1.83. The van der Waals surface area contributed by atoms with Crippen molar-refractivity contribution < 1.29 is 68.4 Å². The second-order valence-corrected chi connectivity index (χ2v) is 16.4. The van der Waals surface area contributed by atoms with Gasteiger partial charge in [-0.2, -0.15) is 0 Å². The van der Waals surface area contributed by atoms with Crippen LogP contribution in [0.15, 0.2) is 30.3 Å². The van der Waals surface area contributed by atoms with Crippen molar-refractivity contribution in [1.29, 1.82) is 0 Å². The van der Waals surface area contributed by atoms with Crippen LogP contribution < -0.4 is 48.3 Å². The molecule has 0 aliphatic carbocycles. The van der Waals surface area contributed by atoms with Gasteiger partial charge in [0.25, 0.3) is 0 Å². The zero-order valence-electron chi connectivity index (χ0n) is 37.2. The van der Waals surface area contributed by atoms with Crippen molar-refractivity contribution in [3.05, 3.63) is 35.9 Å². The Bertz CT molecular complexity index is 1880. The molecule has 66 heavy (non-hydrogen) atoms. The molecule has 0 aromatic heterocycles. The number of nitrogens with two attached hydrogens (primary N) is 1. The minimum Gasteiger partial charge on any atom is -0.481 e. The maximum atomic E-state index is 13.9. The van der Waals surface area contributed by atoms with Gasteiger partial charge in [0.05, 0.1) is 25.2 Å². The van der Waals surface area contributed by atoms with Crippen molar-refractivity contribution in [2.24, 2.45) is 5.73 Å². The molecular formula is C42H64N10O14. The summed E-state index contributed by atoms with van der Waals surface area (Å²) in [5.41, 5.74) is 6.26. The molecule has 10 atom stereocenters. The van der Waals surface area contributed by atoms with Crippen LogP contribution in [0.5, 0.6) is 0 Å². The lowest BCUT2D eigenvalue weighted by molar-refractivity contribution is -0.146. The number of carbonyl (C=O) groups is 10. The third-order valence-electron chi connectivity index (χ3n) is 11.1.